The number of nitrogens with zero attached hydrogens (tertiary/aromatic N) is 7. The van der Waals surface area contributed by atoms with Crippen LogP contribution in [0, 0.1) is 5.82 Å². The van der Waals surface area contributed by atoms with Gasteiger partial charge in [0.25, 0.3) is 0 Å². The van der Waals surface area contributed by atoms with Crippen molar-refractivity contribution < 1.29 is 14.6 Å². The Morgan fingerprint density at radius 2 is 1.78 bits per heavy atom. The average Bonchev–Trinajstić information content (AvgIpc) is 3.53. The minimum absolute atomic E-state index is 0.154. The number of hydrogen-bond donors (Lipinski definition) is 2. The van der Waals surface area contributed by atoms with Gasteiger partial charge in [0.15, 0.2) is 16.6 Å². The summed E-state index contributed by atoms with van der Waals surface area (Å²) in [5, 5.41) is 24.8. The number of aliphatic hydroxyl groups is 2. The summed E-state index contributed by atoms with van der Waals surface area (Å²) in [4.78, 5) is 17.0. The lowest BCUT2D eigenvalue weighted by Gasteiger charge is -2.35. The molecule has 0 radical (unpaired) electrons. The predicted octanol–water partition coefficient (Wildman–Crippen LogP) is 3.32. The maximum atomic E-state index is 13.5. The highest BCUT2D eigenvalue weighted by molar-refractivity contribution is 7.16. The maximum absolute atomic E-state index is 13.5. The van der Waals surface area contributed by atoms with Gasteiger partial charge in [0.2, 0.25) is 0 Å². The van der Waals surface area contributed by atoms with E-state index in [4.69, 9.17) is 20.2 Å². The van der Waals surface area contributed by atoms with E-state index in [0.29, 0.717) is 15.7 Å². The van der Waals surface area contributed by atoms with Crippen LogP contribution < -0.4 is 9.80 Å². The summed E-state index contributed by atoms with van der Waals surface area (Å²) in [7, 11) is 1.94. The lowest BCUT2D eigenvalue weighted by Crippen LogP contribution is -2.47. The van der Waals surface area contributed by atoms with E-state index in [2.05, 4.69) is 16.7 Å². The van der Waals surface area contributed by atoms with Gasteiger partial charge in [0.05, 0.1) is 22.9 Å². The van der Waals surface area contributed by atoms with Crippen LogP contribution in [0.15, 0.2) is 36.4 Å². The van der Waals surface area contributed by atoms with Gasteiger partial charge in [0.1, 0.15) is 11.6 Å². The van der Waals surface area contributed by atoms with Crippen molar-refractivity contribution in [2.24, 2.45) is 0 Å². The third-order valence-electron chi connectivity index (χ3n) is 6.72. The molecule has 1 saturated heterocycles. The van der Waals surface area contributed by atoms with E-state index in [1.165, 1.54) is 23.5 Å². The van der Waals surface area contributed by atoms with Gasteiger partial charge in [-0.05, 0) is 49.2 Å². The molecule has 1 aromatic carbocycles. The molecule has 5 rings (SSSR count). The highest BCUT2D eigenvalue weighted by atomic mass is 32.1. The molecule has 0 spiro atoms. The zero-order valence-corrected chi connectivity index (χ0v) is 22.0. The number of thiazole rings is 1. The number of fused-ring (bicyclic) bond motifs is 1. The van der Waals surface area contributed by atoms with Gasteiger partial charge < -0.3 is 20.0 Å². The second kappa shape index (κ2) is 11.1. The summed E-state index contributed by atoms with van der Waals surface area (Å²) in [6, 6.07) is 10.2. The minimum atomic E-state index is -0.311. The number of benzene rings is 1. The Morgan fingerprint density at radius 3 is 2.46 bits per heavy atom. The number of halogens is 1. The number of aromatic nitrogens is 4. The van der Waals surface area contributed by atoms with Gasteiger partial charge in [-0.15, -0.1) is 5.10 Å². The first kappa shape index (κ1) is 25.5. The molecule has 4 aromatic rings. The monoisotopic (exact) mass is 525 g/mol. The van der Waals surface area contributed by atoms with E-state index in [1.54, 1.807) is 12.1 Å². The molecule has 2 N–H and O–H groups in total. The van der Waals surface area contributed by atoms with Crippen LogP contribution in [0.25, 0.3) is 16.9 Å². The van der Waals surface area contributed by atoms with Crippen LogP contribution in [0.5, 0.6) is 0 Å². The zero-order chi connectivity index (χ0) is 25.9. The second-order valence-corrected chi connectivity index (χ2v) is 10.2. The van der Waals surface area contributed by atoms with E-state index in [9.17, 15) is 9.50 Å². The molecule has 9 nitrogen and oxygen atoms in total. The van der Waals surface area contributed by atoms with E-state index < -0.39 is 0 Å². The Morgan fingerprint density at radius 1 is 1.03 bits per heavy atom. The van der Waals surface area contributed by atoms with Crippen molar-refractivity contribution in [2.45, 2.75) is 26.4 Å². The summed E-state index contributed by atoms with van der Waals surface area (Å²) < 4.78 is 15.3. The van der Waals surface area contributed by atoms with Crippen LogP contribution in [0.4, 0.5) is 21.2 Å². The number of aliphatic hydroxyl groups excluding tert-OH is 2. The summed E-state index contributed by atoms with van der Waals surface area (Å²) in [5.74, 6) is 1.42. The fourth-order valence-electron chi connectivity index (χ4n) is 4.71. The summed E-state index contributed by atoms with van der Waals surface area (Å²) in [5.41, 5.74) is 3.08. The van der Waals surface area contributed by atoms with E-state index in [1.807, 2.05) is 28.6 Å². The van der Waals surface area contributed by atoms with Crippen molar-refractivity contribution >= 4 is 33.8 Å². The number of rotatable bonds is 9. The van der Waals surface area contributed by atoms with Crippen LogP contribution in [0.3, 0.4) is 0 Å². The summed E-state index contributed by atoms with van der Waals surface area (Å²) >= 11 is 1.40. The Hall–Kier alpha value is -3.12. The lowest BCUT2D eigenvalue weighted by atomic mass is 10.1. The molecule has 196 valence electrons. The number of imidazole rings is 1. The van der Waals surface area contributed by atoms with E-state index in [0.717, 1.165) is 74.1 Å². The molecule has 1 aliphatic rings. The largest absolute Gasteiger partial charge is 0.396 e. The molecule has 1 fully saturated rings. The van der Waals surface area contributed by atoms with Gasteiger partial charge in [-0.1, -0.05) is 18.3 Å². The molecule has 0 amide bonds. The third kappa shape index (κ3) is 5.17. The second-order valence-electron chi connectivity index (χ2n) is 9.10. The fourth-order valence-corrected chi connectivity index (χ4v) is 5.61. The van der Waals surface area contributed by atoms with Crippen molar-refractivity contribution in [1.82, 2.24) is 24.5 Å². The SMILES string of the molecule is CCc1nc2ccc(N3CCN(CCCO)CC3)nn2c1N(C)c1nc(-c2ccc(F)cc2)c(CO)s1. The van der Waals surface area contributed by atoms with E-state index >= 15 is 0 Å². The molecule has 37 heavy (non-hydrogen) atoms. The van der Waals surface area contributed by atoms with Crippen LogP contribution >= 0.6 is 11.3 Å². The Kier molecular flexibility index (Phi) is 7.65. The molecule has 11 heteroatoms. The van der Waals surface area contributed by atoms with Crippen LogP contribution in [-0.4, -0.2) is 81.1 Å². The van der Waals surface area contributed by atoms with Crippen LogP contribution in [0.1, 0.15) is 23.9 Å². The van der Waals surface area contributed by atoms with Crippen molar-refractivity contribution in [2.75, 3.05) is 56.2 Å². The molecule has 3 aromatic heterocycles. The third-order valence-corrected chi connectivity index (χ3v) is 7.84. The minimum Gasteiger partial charge on any atom is -0.396 e. The maximum Gasteiger partial charge on any atom is 0.191 e. The van der Waals surface area contributed by atoms with Crippen molar-refractivity contribution in [3.63, 3.8) is 0 Å². The molecule has 4 heterocycles. The molecule has 0 bridgehead atoms. The molecule has 0 unspecified atom stereocenters. The highest BCUT2D eigenvalue weighted by Crippen LogP contribution is 2.37. The van der Waals surface area contributed by atoms with Crippen molar-refractivity contribution in [1.29, 1.82) is 0 Å². The van der Waals surface area contributed by atoms with Gasteiger partial charge in [-0.2, -0.15) is 4.52 Å². The Labute approximate surface area is 219 Å². The molecule has 1 aliphatic heterocycles. The summed E-state index contributed by atoms with van der Waals surface area (Å²) in [6.07, 6.45) is 1.53. The standard InChI is InChI=1S/C26H32FN7O2S/c1-3-20-25(31(2)26-29-24(21(17-36)37-26)18-5-7-19(27)8-6-18)34-22(28-20)9-10-23(30-34)33-14-12-32(13-15-33)11-4-16-35/h5-10,35-36H,3-4,11-17H2,1-2H3. The van der Waals surface area contributed by atoms with Gasteiger partial charge in [-0.3, -0.25) is 4.90 Å². The zero-order valence-electron chi connectivity index (χ0n) is 21.1. The first-order valence-corrected chi connectivity index (χ1v) is 13.4. The topological polar surface area (TPSA) is 93.3 Å². The Bertz CT molecular complexity index is 1350. The quantitative estimate of drug-likeness (QED) is 0.344. The smallest absolute Gasteiger partial charge is 0.191 e. The van der Waals surface area contributed by atoms with Crippen LogP contribution in [0.2, 0.25) is 0 Å². The fraction of sp³-hybridized carbons (Fsp3) is 0.423. The molecule has 0 saturated carbocycles. The van der Waals surface area contributed by atoms with E-state index in [-0.39, 0.29) is 19.0 Å². The number of hydrogen-bond acceptors (Lipinski definition) is 9. The predicted molar refractivity (Wildman–Crippen MR) is 144 cm³/mol. The molecular weight excluding hydrogens is 493 g/mol. The van der Waals surface area contributed by atoms with Crippen molar-refractivity contribution in [3.8, 4) is 11.3 Å². The molecular formula is C26H32FN7O2S. The summed E-state index contributed by atoms with van der Waals surface area (Å²) in [6.45, 7) is 6.67. The number of piperazine rings is 1. The lowest BCUT2D eigenvalue weighted by molar-refractivity contribution is 0.215. The highest BCUT2D eigenvalue weighted by Gasteiger charge is 2.24. The number of anilines is 3. The molecule has 0 atom stereocenters. The first-order chi connectivity index (χ1) is 18.0. The van der Waals surface area contributed by atoms with Gasteiger partial charge in [-0.25, -0.2) is 14.4 Å². The number of aryl methyl sites for hydroxylation is 1. The van der Waals surface area contributed by atoms with Gasteiger partial charge >= 0.3 is 0 Å². The van der Waals surface area contributed by atoms with Crippen molar-refractivity contribution in [3.05, 3.63) is 52.8 Å². The first-order valence-electron chi connectivity index (χ1n) is 12.6. The normalized spacial score (nSPS) is 14.6. The average molecular weight is 526 g/mol. The molecule has 0 aliphatic carbocycles. The van der Waals surface area contributed by atoms with Gasteiger partial charge in [0, 0.05) is 51.9 Å². The Balaban J connectivity index is 1.46. The van der Waals surface area contributed by atoms with Crippen LogP contribution in [-0.2, 0) is 13.0 Å².